The molecule has 0 spiro atoms. The van der Waals surface area contributed by atoms with Crippen molar-refractivity contribution in [2.75, 3.05) is 0 Å². The fraction of sp³-hybridized carbons (Fsp3) is 0.312. The highest BCUT2D eigenvalue weighted by molar-refractivity contribution is 9.11. The number of hydrogen-bond donors (Lipinski definition) is 0. The first kappa shape index (κ1) is 15.1. The van der Waals surface area contributed by atoms with Crippen LogP contribution in [0.4, 0.5) is 0 Å². The molecule has 0 aliphatic rings. The smallest absolute Gasteiger partial charge is 0.127 e. The average Bonchev–Trinajstić information content (AvgIpc) is 3.01. The zero-order valence-electron chi connectivity index (χ0n) is 11.9. The summed E-state index contributed by atoms with van der Waals surface area (Å²) in [5.74, 6) is 0.955. The fourth-order valence-electron chi connectivity index (χ4n) is 2.62. The molecule has 0 saturated heterocycles. The summed E-state index contributed by atoms with van der Waals surface area (Å²) in [6, 6.07) is 10.5. The van der Waals surface area contributed by atoms with E-state index < -0.39 is 0 Å². The van der Waals surface area contributed by atoms with Crippen molar-refractivity contribution in [3.63, 3.8) is 0 Å². The van der Waals surface area contributed by atoms with Gasteiger partial charge in [0.15, 0.2) is 0 Å². The third kappa shape index (κ3) is 3.03. The summed E-state index contributed by atoms with van der Waals surface area (Å²) in [7, 11) is 0. The highest BCUT2D eigenvalue weighted by atomic mass is 79.9. The van der Waals surface area contributed by atoms with E-state index in [0.29, 0.717) is 0 Å². The summed E-state index contributed by atoms with van der Waals surface area (Å²) in [6.07, 6.45) is 0.993. The molecule has 2 heterocycles. The van der Waals surface area contributed by atoms with Crippen molar-refractivity contribution in [2.45, 2.75) is 32.2 Å². The molecule has 1 unspecified atom stereocenters. The van der Waals surface area contributed by atoms with Gasteiger partial charge in [-0.05, 0) is 60.0 Å². The van der Waals surface area contributed by atoms with Crippen LogP contribution in [0, 0.1) is 6.92 Å². The van der Waals surface area contributed by atoms with Crippen LogP contribution in [0.2, 0.25) is 0 Å². The van der Waals surface area contributed by atoms with Gasteiger partial charge in [0.05, 0.1) is 20.2 Å². The first-order valence-electron chi connectivity index (χ1n) is 6.90. The largest absolute Gasteiger partial charge is 0.326 e. The predicted molar refractivity (Wildman–Crippen MR) is 94.5 cm³/mol. The molecule has 0 saturated carbocycles. The number of aromatic nitrogens is 2. The maximum Gasteiger partial charge on any atom is 0.127 e. The molecule has 3 aromatic rings. The summed E-state index contributed by atoms with van der Waals surface area (Å²) in [6.45, 7) is 5.02. The quantitative estimate of drug-likeness (QED) is 0.527. The fourth-order valence-corrected chi connectivity index (χ4v) is 4.26. The second-order valence-corrected chi connectivity index (χ2v) is 8.34. The Bertz CT molecular complexity index is 776. The third-order valence-corrected chi connectivity index (χ3v) is 5.44. The number of alkyl halides is 1. The second-order valence-electron chi connectivity index (χ2n) is 5.14. The second kappa shape index (κ2) is 6.11. The van der Waals surface area contributed by atoms with Gasteiger partial charge in [-0.1, -0.05) is 12.1 Å². The first-order valence-corrected chi connectivity index (χ1v) is 8.95. The summed E-state index contributed by atoms with van der Waals surface area (Å²) in [4.78, 5) is 6.08. The molecule has 5 heteroatoms. The van der Waals surface area contributed by atoms with Gasteiger partial charge < -0.3 is 4.57 Å². The Labute approximate surface area is 141 Å². The molecule has 21 heavy (non-hydrogen) atoms. The Morgan fingerprint density at radius 2 is 2.14 bits per heavy atom. The SMILES string of the molecule is Cc1cccc2nc(C(C)Cl)n(CCc3ccc(Br)s3)c12. The van der Waals surface area contributed by atoms with Crippen LogP contribution in [0.5, 0.6) is 0 Å². The van der Waals surface area contributed by atoms with E-state index >= 15 is 0 Å². The number of benzene rings is 1. The van der Waals surface area contributed by atoms with Crippen molar-refractivity contribution < 1.29 is 0 Å². The van der Waals surface area contributed by atoms with Gasteiger partial charge >= 0.3 is 0 Å². The lowest BCUT2D eigenvalue weighted by Gasteiger charge is -2.11. The van der Waals surface area contributed by atoms with E-state index in [4.69, 9.17) is 16.6 Å². The maximum atomic E-state index is 6.33. The molecular weight excluding hydrogens is 368 g/mol. The van der Waals surface area contributed by atoms with Crippen LogP contribution in [0.1, 0.15) is 28.6 Å². The zero-order chi connectivity index (χ0) is 15.0. The molecule has 0 N–H and O–H groups in total. The molecule has 2 aromatic heterocycles. The average molecular weight is 384 g/mol. The maximum absolute atomic E-state index is 6.33. The summed E-state index contributed by atoms with van der Waals surface area (Å²) < 4.78 is 3.45. The molecule has 1 atom stereocenters. The standard InChI is InChI=1S/C16H16BrClN2S/c1-10-4-3-5-13-15(10)20(16(19-13)11(2)18)9-8-12-6-7-14(17)21-12/h3-7,11H,8-9H2,1-2H3. The van der Waals surface area contributed by atoms with E-state index in [9.17, 15) is 0 Å². The number of nitrogens with zero attached hydrogens (tertiary/aromatic N) is 2. The van der Waals surface area contributed by atoms with Gasteiger partial charge in [0.2, 0.25) is 0 Å². The minimum absolute atomic E-state index is 0.0909. The normalized spacial score (nSPS) is 13.0. The lowest BCUT2D eigenvalue weighted by Crippen LogP contribution is -2.07. The molecule has 0 aliphatic carbocycles. The molecule has 110 valence electrons. The van der Waals surface area contributed by atoms with Crippen molar-refractivity contribution in [3.8, 4) is 0 Å². The summed E-state index contributed by atoms with van der Waals surface area (Å²) in [5, 5.41) is -0.0909. The zero-order valence-corrected chi connectivity index (χ0v) is 15.1. The lowest BCUT2D eigenvalue weighted by molar-refractivity contribution is 0.671. The van der Waals surface area contributed by atoms with E-state index in [1.54, 1.807) is 11.3 Å². The first-order chi connectivity index (χ1) is 10.1. The Hall–Kier alpha value is -0.840. The number of imidazole rings is 1. The monoisotopic (exact) mass is 382 g/mol. The van der Waals surface area contributed by atoms with Crippen molar-refractivity contribution in [1.29, 1.82) is 0 Å². The van der Waals surface area contributed by atoms with Crippen LogP contribution in [0.3, 0.4) is 0 Å². The minimum Gasteiger partial charge on any atom is -0.326 e. The van der Waals surface area contributed by atoms with E-state index in [1.807, 2.05) is 13.0 Å². The van der Waals surface area contributed by atoms with Crippen LogP contribution >= 0.6 is 38.9 Å². The number of rotatable bonds is 4. The minimum atomic E-state index is -0.0909. The van der Waals surface area contributed by atoms with E-state index in [0.717, 1.165) is 24.3 Å². The van der Waals surface area contributed by atoms with Gasteiger partial charge in [0, 0.05) is 11.4 Å². The lowest BCUT2D eigenvalue weighted by atomic mass is 10.2. The Balaban J connectivity index is 2.00. The molecule has 0 bridgehead atoms. The molecular formula is C16H16BrClN2S. The highest BCUT2D eigenvalue weighted by Gasteiger charge is 2.16. The van der Waals surface area contributed by atoms with Gasteiger partial charge in [-0.15, -0.1) is 22.9 Å². The number of halogens is 2. The number of fused-ring (bicyclic) bond motifs is 1. The van der Waals surface area contributed by atoms with Crippen LogP contribution < -0.4 is 0 Å². The van der Waals surface area contributed by atoms with Crippen molar-refractivity contribution in [2.24, 2.45) is 0 Å². The molecule has 0 amide bonds. The number of aryl methyl sites for hydroxylation is 3. The number of hydrogen-bond acceptors (Lipinski definition) is 2. The van der Waals surface area contributed by atoms with Crippen molar-refractivity contribution in [1.82, 2.24) is 9.55 Å². The van der Waals surface area contributed by atoms with Gasteiger partial charge in [0.1, 0.15) is 5.82 Å². The van der Waals surface area contributed by atoms with Crippen molar-refractivity contribution in [3.05, 3.63) is 50.4 Å². The molecule has 3 rings (SSSR count). The Kier molecular flexibility index (Phi) is 4.38. The summed E-state index contributed by atoms with van der Waals surface area (Å²) in [5.41, 5.74) is 3.48. The van der Waals surface area contributed by atoms with E-state index in [1.165, 1.54) is 19.7 Å². The van der Waals surface area contributed by atoms with Crippen LogP contribution in [-0.4, -0.2) is 9.55 Å². The molecule has 0 radical (unpaired) electrons. The molecule has 1 aromatic carbocycles. The molecule has 2 nitrogen and oxygen atoms in total. The van der Waals surface area contributed by atoms with Gasteiger partial charge in [-0.3, -0.25) is 0 Å². The van der Waals surface area contributed by atoms with Crippen molar-refractivity contribution >= 4 is 49.9 Å². The van der Waals surface area contributed by atoms with Crippen LogP contribution in [0.25, 0.3) is 11.0 Å². The third-order valence-electron chi connectivity index (χ3n) is 3.56. The van der Waals surface area contributed by atoms with Gasteiger partial charge in [-0.2, -0.15) is 0 Å². The van der Waals surface area contributed by atoms with Gasteiger partial charge in [0.25, 0.3) is 0 Å². The van der Waals surface area contributed by atoms with Gasteiger partial charge in [-0.25, -0.2) is 4.98 Å². The van der Waals surface area contributed by atoms with Crippen LogP contribution in [-0.2, 0) is 13.0 Å². The topological polar surface area (TPSA) is 17.8 Å². The van der Waals surface area contributed by atoms with Crippen LogP contribution in [0.15, 0.2) is 34.1 Å². The highest BCUT2D eigenvalue weighted by Crippen LogP contribution is 2.28. The summed E-state index contributed by atoms with van der Waals surface area (Å²) >= 11 is 11.6. The molecule has 0 fully saturated rings. The number of para-hydroxylation sites is 1. The van der Waals surface area contributed by atoms with E-state index in [-0.39, 0.29) is 5.38 Å². The Morgan fingerprint density at radius 1 is 1.33 bits per heavy atom. The number of thiophene rings is 1. The Morgan fingerprint density at radius 3 is 2.81 bits per heavy atom. The van der Waals surface area contributed by atoms with E-state index in [2.05, 4.69) is 51.7 Å². The molecule has 0 aliphatic heterocycles. The predicted octanol–water partition coefficient (Wildman–Crippen LogP) is 5.71.